The van der Waals surface area contributed by atoms with Crippen LogP contribution < -0.4 is 4.90 Å². The van der Waals surface area contributed by atoms with E-state index in [9.17, 15) is 0 Å². The predicted octanol–water partition coefficient (Wildman–Crippen LogP) is 2.99. The first-order valence-electron chi connectivity index (χ1n) is 7.28. The third kappa shape index (κ3) is 3.90. The Morgan fingerprint density at radius 2 is 1.68 bits per heavy atom. The van der Waals surface area contributed by atoms with Gasteiger partial charge >= 0.3 is 0 Å². The van der Waals surface area contributed by atoms with Crippen LogP contribution in [0.5, 0.6) is 0 Å². The summed E-state index contributed by atoms with van der Waals surface area (Å²) < 4.78 is 5.86. The predicted molar refractivity (Wildman–Crippen MR) is 77.6 cm³/mol. The quantitative estimate of drug-likeness (QED) is 0.837. The third-order valence-corrected chi connectivity index (χ3v) is 3.51. The van der Waals surface area contributed by atoms with Gasteiger partial charge in [0.2, 0.25) is 5.95 Å². The molecule has 0 saturated carbocycles. The minimum absolute atomic E-state index is 0.318. The van der Waals surface area contributed by atoms with Crippen LogP contribution in [-0.4, -0.2) is 35.3 Å². The Morgan fingerprint density at radius 3 is 2.16 bits per heavy atom. The van der Waals surface area contributed by atoms with E-state index >= 15 is 0 Å². The highest BCUT2D eigenvalue weighted by molar-refractivity contribution is 5.31. The average Bonchev–Trinajstić information content (AvgIpc) is 2.39. The van der Waals surface area contributed by atoms with Crippen LogP contribution in [0.2, 0.25) is 0 Å². The fraction of sp³-hybridized carbons (Fsp3) is 0.733. The zero-order valence-corrected chi connectivity index (χ0v) is 12.5. The lowest BCUT2D eigenvalue weighted by Gasteiger charge is -2.32. The molecule has 1 aromatic heterocycles. The molecule has 0 atom stereocenters. The second kappa shape index (κ2) is 6.33. The Balaban J connectivity index is 1.90. The standard InChI is InChI=1S/C15H25N3O/c1-11(2)13-9-16-15(17-10-13)18-7-5-14(6-8-18)19-12(3)4/h9-12,14H,5-8H2,1-4H3. The van der Waals surface area contributed by atoms with E-state index in [1.807, 2.05) is 12.4 Å². The summed E-state index contributed by atoms with van der Waals surface area (Å²) in [5.41, 5.74) is 1.20. The number of rotatable bonds is 4. The zero-order chi connectivity index (χ0) is 13.8. The van der Waals surface area contributed by atoms with Crippen LogP contribution >= 0.6 is 0 Å². The van der Waals surface area contributed by atoms with Gasteiger partial charge in [-0.2, -0.15) is 0 Å². The summed E-state index contributed by atoms with van der Waals surface area (Å²) >= 11 is 0. The molecule has 4 nitrogen and oxygen atoms in total. The number of nitrogens with zero attached hydrogens (tertiary/aromatic N) is 3. The molecule has 0 N–H and O–H groups in total. The van der Waals surface area contributed by atoms with E-state index in [0.29, 0.717) is 18.1 Å². The van der Waals surface area contributed by atoms with E-state index in [0.717, 1.165) is 31.9 Å². The molecule has 0 spiro atoms. The summed E-state index contributed by atoms with van der Waals surface area (Å²) in [5, 5.41) is 0. The Kier molecular flexibility index (Phi) is 4.75. The van der Waals surface area contributed by atoms with Gasteiger partial charge in [-0.1, -0.05) is 13.8 Å². The molecule has 0 amide bonds. The van der Waals surface area contributed by atoms with Gasteiger partial charge in [-0.25, -0.2) is 9.97 Å². The summed E-state index contributed by atoms with van der Waals surface area (Å²) in [5.74, 6) is 1.34. The SMILES string of the molecule is CC(C)OC1CCN(c2ncc(C(C)C)cn2)CC1. The number of anilines is 1. The lowest BCUT2D eigenvalue weighted by atomic mass is 10.1. The monoisotopic (exact) mass is 263 g/mol. The number of ether oxygens (including phenoxy) is 1. The smallest absolute Gasteiger partial charge is 0.225 e. The van der Waals surface area contributed by atoms with Gasteiger partial charge < -0.3 is 9.64 Å². The maximum atomic E-state index is 5.86. The summed E-state index contributed by atoms with van der Waals surface area (Å²) in [7, 11) is 0. The second-order valence-electron chi connectivity index (χ2n) is 5.84. The molecule has 0 aliphatic carbocycles. The summed E-state index contributed by atoms with van der Waals surface area (Å²) in [6, 6.07) is 0. The number of aromatic nitrogens is 2. The van der Waals surface area contributed by atoms with Crippen molar-refractivity contribution in [1.29, 1.82) is 0 Å². The fourth-order valence-corrected chi connectivity index (χ4v) is 2.37. The summed E-state index contributed by atoms with van der Waals surface area (Å²) in [6.45, 7) is 10.5. The molecule has 0 bridgehead atoms. The molecule has 1 fully saturated rings. The summed E-state index contributed by atoms with van der Waals surface area (Å²) in [4.78, 5) is 11.2. The van der Waals surface area contributed by atoms with Gasteiger partial charge in [0.1, 0.15) is 0 Å². The highest BCUT2D eigenvalue weighted by atomic mass is 16.5. The van der Waals surface area contributed by atoms with Crippen LogP contribution in [0, 0.1) is 0 Å². The Hall–Kier alpha value is -1.16. The Morgan fingerprint density at radius 1 is 1.11 bits per heavy atom. The van der Waals surface area contributed by atoms with Crippen LogP contribution in [0.15, 0.2) is 12.4 Å². The topological polar surface area (TPSA) is 38.2 Å². The van der Waals surface area contributed by atoms with Gasteiger partial charge in [0.15, 0.2) is 0 Å². The largest absolute Gasteiger partial charge is 0.375 e. The van der Waals surface area contributed by atoms with Crippen molar-refractivity contribution in [2.24, 2.45) is 0 Å². The maximum absolute atomic E-state index is 5.86. The first-order valence-corrected chi connectivity index (χ1v) is 7.28. The van der Waals surface area contributed by atoms with Crippen LogP contribution in [0.25, 0.3) is 0 Å². The van der Waals surface area contributed by atoms with E-state index < -0.39 is 0 Å². The lowest BCUT2D eigenvalue weighted by Crippen LogP contribution is -2.38. The van der Waals surface area contributed by atoms with Gasteiger partial charge in [0, 0.05) is 25.5 Å². The molecule has 0 unspecified atom stereocenters. The summed E-state index contributed by atoms with van der Waals surface area (Å²) in [6.07, 6.45) is 6.73. The van der Waals surface area contributed by atoms with Crippen molar-refractivity contribution in [3.05, 3.63) is 18.0 Å². The number of piperidine rings is 1. The van der Waals surface area contributed by atoms with Crippen molar-refractivity contribution >= 4 is 5.95 Å². The first kappa shape index (κ1) is 14.3. The lowest BCUT2D eigenvalue weighted by molar-refractivity contribution is -0.00491. The number of hydrogen-bond donors (Lipinski definition) is 0. The normalized spacial score (nSPS) is 17.5. The van der Waals surface area contributed by atoms with Crippen LogP contribution in [0.4, 0.5) is 5.95 Å². The third-order valence-electron chi connectivity index (χ3n) is 3.51. The van der Waals surface area contributed by atoms with Gasteiger partial charge in [0.25, 0.3) is 0 Å². The van der Waals surface area contributed by atoms with Gasteiger partial charge in [-0.05, 0) is 38.2 Å². The molecule has 1 aliphatic rings. The van der Waals surface area contributed by atoms with Crippen molar-refractivity contribution in [2.75, 3.05) is 18.0 Å². The molecule has 0 radical (unpaired) electrons. The Labute approximate surface area is 116 Å². The molecule has 1 saturated heterocycles. The van der Waals surface area contributed by atoms with Crippen LogP contribution in [0.3, 0.4) is 0 Å². The fourth-order valence-electron chi connectivity index (χ4n) is 2.37. The van der Waals surface area contributed by atoms with Crippen molar-refractivity contribution in [1.82, 2.24) is 9.97 Å². The average molecular weight is 263 g/mol. The van der Waals surface area contributed by atoms with Gasteiger partial charge in [-0.3, -0.25) is 0 Å². The van der Waals surface area contributed by atoms with Crippen LogP contribution in [-0.2, 0) is 4.74 Å². The van der Waals surface area contributed by atoms with E-state index in [1.165, 1.54) is 5.56 Å². The molecule has 1 aliphatic heterocycles. The van der Waals surface area contributed by atoms with Crippen molar-refractivity contribution in [3.8, 4) is 0 Å². The highest BCUT2D eigenvalue weighted by Gasteiger charge is 2.22. The molecule has 106 valence electrons. The molecule has 0 aromatic carbocycles. The van der Waals surface area contributed by atoms with E-state index in [1.54, 1.807) is 0 Å². The van der Waals surface area contributed by atoms with E-state index in [2.05, 4.69) is 42.6 Å². The van der Waals surface area contributed by atoms with Gasteiger partial charge in [-0.15, -0.1) is 0 Å². The maximum Gasteiger partial charge on any atom is 0.225 e. The van der Waals surface area contributed by atoms with Gasteiger partial charge in [0.05, 0.1) is 12.2 Å². The highest BCUT2D eigenvalue weighted by Crippen LogP contribution is 2.20. The molecule has 2 heterocycles. The van der Waals surface area contributed by atoms with E-state index in [4.69, 9.17) is 4.74 Å². The van der Waals surface area contributed by atoms with Crippen molar-refractivity contribution < 1.29 is 4.74 Å². The molecule has 4 heteroatoms. The molecular formula is C15H25N3O. The number of hydrogen-bond acceptors (Lipinski definition) is 4. The van der Waals surface area contributed by atoms with Crippen molar-refractivity contribution in [3.63, 3.8) is 0 Å². The first-order chi connectivity index (χ1) is 9.06. The molecule has 2 rings (SSSR count). The van der Waals surface area contributed by atoms with E-state index in [-0.39, 0.29) is 0 Å². The molecular weight excluding hydrogens is 238 g/mol. The van der Waals surface area contributed by atoms with Crippen molar-refractivity contribution in [2.45, 2.75) is 58.7 Å². The second-order valence-corrected chi connectivity index (χ2v) is 5.84. The van der Waals surface area contributed by atoms with Crippen LogP contribution in [0.1, 0.15) is 52.0 Å². The minimum Gasteiger partial charge on any atom is -0.375 e. The molecule has 19 heavy (non-hydrogen) atoms. The zero-order valence-electron chi connectivity index (χ0n) is 12.5. The molecule has 1 aromatic rings. The Bertz CT molecular complexity index is 381. The minimum atomic E-state index is 0.318.